The van der Waals surface area contributed by atoms with Gasteiger partial charge in [0.2, 0.25) is 5.91 Å². The van der Waals surface area contributed by atoms with E-state index in [9.17, 15) is 9.18 Å². The standard InChI is InChI=1S/C19H22FNO3/c1-13-17(23-2)9-6-15(19(13)24-3)12-18(22)21-11-10-14-4-7-16(20)8-5-14/h4-9H,10-12H2,1-3H3,(H,21,22). The number of ether oxygens (including phenoxy) is 2. The van der Waals surface area contributed by atoms with Gasteiger partial charge in [-0.05, 0) is 37.1 Å². The fourth-order valence-electron chi connectivity index (χ4n) is 2.61. The summed E-state index contributed by atoms with van der Waals surface area (Å²) in [6.07, 6.45) is 0.891. The third-order valence-corrected chi connectivity index (χ3v) is 3.86. The van der Waals surface area contributed by atoms with Crippen molar-refractivity contribution < 1.29 is 18.7 Å². The summed E-state index contributed by atoms with van der Waals surface area (Å²) in [5, 5.41) is 2.87. The summed E-state index contributed by atoms with van der Waals surface area (Å²) in [6, 6.07) is 9.95. The molecule has 128 valence electrons. The van der Waals surface area contributed by atoms with Crippen molar-refractivity contribution in [3.8, 4) is 11.5 Å². The Balaban J connectivity index is 1.92. The average Bonchev–Trinajstić information content (AvgIpc) is 2.57. The third kappa shape index (κ3) is 4.47. The Kier molecular flexibility index (Phi) is 6.18. The molecule has 0 bridgehead atoms. The van der Waals surface area contributed by atoms with E-state index in [1.54, 1.807) is 26.4 Å². The van der Waals surface area contributed by atoms with E-state index in [0.717, 1.165) is 22.4 Å². The van der Waals surface area contributed by atoms with Crippen LogP contribution in [0.5, 0.6) is 11.5 Å². The molecule has 0 aromatic heterocycles. The summed E-state index contributed by atoms with van der Waals surface area (Å²) >= 11 is 0. The molecule has 0 aliphatic heterocycles. The highest BCUT2D eigenvalue weighted by atomic mass is 19.1. The zero-order chi connectivity index (χ0) is 17.5. The molecule has 1 amide bonds. The van der Waals surface area contributed by atoms with E-state index in [4.69, 9.17) is 9.47 Å². The molecule has 4 nitrogen and oxygen atoms in total. The summed E-state index contributed by atoms with van der Waals surface area (Å²) in [5.41, 5.74) is 2.67. The summed E-state index contributed by atoms with van der Waals surface area (Å²) in [4.78, 5) is 12.1. The predicted octanol–water partition coefficient (Wildman–Crippen LogP) is 3.05. The lowest BCUT2D eigenvalue weighted by molar-refractivity contribution is -0.120. The molecule has 24 heavy (non-hydrogen) atoms. The monoisotopic (exact) mass is 331 g/mol. The Morgan fingerprint density at radius 2 is 1.79 bits per heavy atom. The largest absolute Gasteiger partial charge is 0.496 e. The number of hydrogen-bond donors (Lipinski definition) is 1. The molecule has 0 radical (unpaired) electrons. The maximum Gasteiger partial charge on any atom is 0.224 e. The number of hydrogen-bond acceptors (Lipinski definition) is 3. The Hall–Kier alpha value is -2.56. The number of benzene rings is 2. The van der Waals surface area contributed by atoms with Crippen LogP contribution in [-0.4, -0.2) is 26.7 Å². The lowest BCUT2D eigenvalue weighted by atomic mass is 10.1. The van der Waals surface area contributed by atoms with E-state index >= 15 is 0 Å². The molecule has 5 heteroatoms. The summed E-state index contributed by atoms with van der Waals surface area (Å²) < 4.78 is 23.5. The Morgan fingerprint density at radius 1 is 1.08 bits per heavy atom. The number of nitrogens with one attached hydrogen (secondary N) is 1. The molecule has 1 N–H and O–H groups in total. The highest BCUT2D eigenvalue weighted by molar-refractivity contribution is 5.79. The number of amides is 1. The number of rotatable bonds is 7. The van der Waals surface area contributed by atoms with Gasteiger partial charge in [-0.15, -0.1) is 0 Å². The highest BCUT2D eigenvalue weighted by Gasteiger charge is 2.14. The molecule has 0 saturated carbocycles. The zero-order valence-corrected chi connectivity index (χ0v) is 14.2. The van der Waals surface area contributed by atoms with Crippen LogP contribution in [0.1, 0.15) is 16.7 Å². The van der Waals surface area contributed by atoms with Crippen LogP contribution >= 0.6 is 0 Å². The smallest absolute Gasteiger partial charge is 0.224 e. The molecule has 0 aliphatic carbocycles. The van der Waals surface area contributed by atoms with Crippen molar-refractivity contribution in [2.24, 2.45) is 0 Å². The van der Waals surface area contributed by atoms with Crippen molar-refractivity contribution >= 4 is 5.91 Å². The van der Waals surface area contributed by atoms with E-state index in [1.807, 2.05) is 19.1 Å². The van der Waals surface area contributed by atoms with Gasteiger partial charge in [0.1, 0.15) is 17.3 Å². The van der Waals surface area contributed by atoms with E-state index in [-0.39, 0.29) is 18.1 Å². The molecule has 0 unspecified atom stereocenters. The molecule has 2 aromatic carbocycles. The molecular formula is C19H22FNO3. The Morgan fingerprint density at radius 3 is 2.42 bits per heavy atom. The normalized spacial score (nSPS) is 10.3. The van der Waals surface area contributed by atoms with Gasteiger partial charge in [-0.25, -0.2) is 4.39 Å². The maximum atomic E-state index is 12.8. The van der Waals surface area contributed by atoms with Crippen LogP contribution in [0.15, 0.2) is 36.4 Å². The summed E-state index contributed by atoms with van der Waals surface area (Å²) in [5.74, 6) is 1.06. The van der Waals surface area contributed by atoms with Crippen molar-refractivity contribution in [2.45, 2.75) is 19.8 Å². The lowest BCUT2D eigenvalue weighted by Gasteiger charge is -2.14. The van der Waals surface area contributed by atoms with Crippen LogP contribution in [0, 0.1) is 12.7 Å². The van der Waals surface area contributed by atoms with Gasteiger partial charge in [-0.3, -0.25) is 4.79 Å². The molecule has 0 saturated heterocycles. The van der Waals surface area contributed by atoms with Crippen molar-refractivity contribution in [1.82, 2.24) is 5.32 Å². The first-order chi connectivity index (χ1) is 11.5. The average molecular weight is 331 g/mol. The topological polar surface area (TPSA) is 47.6 Å². The zero-order valence-electron chi connectivity index (χ0n) is 14.2. The molecule has 0 atom stereocenters. The molecular weight excluding hydrogens is 309 g/mol. The first-order valence-corrected chi connectivity index (χ1v) is 7.76. The van der Waals surface area contributed by atoms with E-state index in [2.05, 4.69) is 5.32 Å². The molecule has 0 aliphatic rings. The van der Waals surface area contributed by atoms with Gasteiger partial charge in [-0.1, -0.05) is 18.2 Å². The number of carbonyl (C=O) groups is 1. The number of halogens is 1. The van der Waals surface area contributed by atoms with E-state index in [0.29, 0.717) is 18.7 Å². The second-order valence-corrected chi connectivity index (χ2v) is 5.49. The maximum absolute atomic E-state index is 12.8. The van der Waals surface area contributed by atoms with Crippen molar-refractivity contribution in [3.05, 3.63) is 58.9 Å². The van der Waals surface area contributed by atoms with Gasteiger partial charge in [0.05, 0.1) is 20.6 Å². The van der Waals surface area contributed by atoms with Crippen LogP contribution in [0.3, 0.4) is 0 Å². The van der Waals surface area contributed by atoms with Crippen LogP contribution in [0.4, 0.5) is 4.39 Å². The lowest BCUT2D eigenvalue weighted by Crippen LogP contribution is -2.27. The fourth-order valence-corrected chi connectivity index (χ4v) is 2.61. The van der Waals surface area contributed by atoms with Gasteiger partial charge in [0, 0.05) is 17.7 Å². The Bertz CT molecular complexity index is 699. The molecule has 0 spiro atoms. The first kappa shape index (κ1) is 17.8. The molecule has 2 aromatic rings. The molecule has 0 fully saturated rings. The van der Waals surface area contributed by atoms with E-state index in [1.165, 1.54) is 12.1 Å². The van der Waals surface area contributed by atoms with Crippen LogP contribution < -0.4 is 14.8 Å². The van der Waals surface area contributed by atoms with E-state index < -0.39 is 0 Å². The van der Waals surface area contributed by atoms with Crippen LogP contribution in [0.2, 0.25) is 0 Å². The molecule has 0 heterocycles. The third-order valence-electron chi connectivity index (χ3n) is 3.86. The number of carbonyl (C=O) groups excluding carboxylic acids is 1. The second kappa shape index (κ2) is 8.34. The van der Waals surface area contributed by atoms with Gasteiger partial charge >= 0.3 is 0 Å². The summed E-state index contributed by atoms with van der Waals surface area (Å²) in [7, 11) is 3.18. The second-order valence-electron chi connectivity index (χ2n) is 5.49. The SMILES string of the molecule is COc1ccc(CC(=O)NCCc2ccc(F)cc2)c(OC)c1C. The van der Waals surface area contributed by atoms with Gasteiger partial charge in [0.15, 0.2) is 0 Å². The van der Waals surface area contributed by atoms with Crippen molar-refractivity contribution in [2.75, 3.05) is 20.8 Å². The fraction of sp³-hybridized carbons (Fsp3) is 0.316. The minimum absolute atomic E-state index is 0.0834. The van der Waals surface area contributed by atoms with Crippen molar-refractivity contribution in [1.29, 1.82) is 0 Å². The highest BCUT2D eigenvalue weighted by Crippen LogP contribution is 2.31. The minimum Gasteiger partial charge on any atom is -0.496 e. The summed E-state index contributed by atoms with van der Waals surface area (Å²) in [6.45, 7) is 2.40. The predicted molar refractivity (Wildman–Crippen MR) is 91.1 cm³/mol. The molecule has 2 rings (SSSR count). The number of methoxy groups -OCH3 is 2. The quantitative estimate of drug-likeness (QED) is 0.848. The van der Waals surface area contributed by atoms with Gasteiger partial charge < -0.3 is 14.8 Å². The van der Waals surface area contributed by atoms with Gasteiger partial charge in [0.25, 0.3) is 0 Å². The Labute approximate surface area is 141 Å². The van der Waals surface area contributed by atoms with Gasteiger partial charge in [-0.2, -0.15) is 0 Å². The minimum atomic E-state index is -0.259. The van der Waals surface area contributed by atoms with Crippen LogP contribution in [-0.2, 0) is 17.6 Å². The van der Waals surface area contributed by atoms with Crippen LogP contribution in [0.25, 0.3) is 0 Å². The first-order valence-electron chi connectivity index (χ1n) is 7.76. The van der Waals surface area contributed by atoms with Crippen molar-refractivity contribution in [3.63, 3.8) is 0 Å².